The van der Waals surface area contributed by atoms with Gasteiger partial charge in [0.1, 0.15) is 5.54 Å². The van der Waals surface area contributed by atoms with Crippen LogP contribution in [0.5, 0.6) is 0 Å². The summed E-state index contributed by atoms with van der Waals surface area (Å²) >= 11 is 0. The average molecular weight is 500 g/mol. The molecule has 1 saturated heterocycles. The first-order chi connectivity index (χ1) is 16.6. The number of nitrogens with zero attached hydrogens (tertiary/aromatic N) is 1. The standard InChI is InChI=1S/C27H33NO6S/c1-18(2)17-27(23-12-8-7-11-22(23)20-9-5-4-6-10-20)24(25(29)30)34-26(31)28(27)35(32,33)21-15-13-19(3)14-16-21/h4-6,9-10,13-16,18,22-24H,7-8,11-12,17H2,1-3H3,(H,29,30)/t22-,23-,24+,27+/m1/s1. The highest BCUT2D eigenvalue weighted by Crippen LogP contribution is 2.54. The van der Waals surface area contributed by atoms with E-state index >= 15 is 0 Å². The second-order valence-corrected chi connectivity index (χ2v) is 12.0. The van der Waals surface area contributed by atoms with E-state index in [-0.39, 0.29) is 23.2 Å². The van der Waals surface area contributed by atoms with Crippen molar-refractivity contribution in [3.8, 4) is 0 Å². The van der Waals surface area contributed by atoms with Gasteiger partial charge in [0.05, 0.1) is 4.90 Å². The fourth-order valence-electron chi connectivity index (χ4n) is 6.10. The first-order valence-corrected chi connectivity index (χ1v) is 13.6. The van der Waals surface area contributed by atoms with Crippen molar-refractivity contribution in [3.05, 3.63) is 65.7 Å². The predicted octanol–water partition coefficient (Wildman–Crippen LogP) is 5.35. The second kappa shape index (κ2) is 9.64. The minimum atomic E-state index is -4.38. The maximum Gasteiger partial charge on any atom is 0.425 e. The van der Waals surface area contributed by atoms with Crippen LogP contribution in [0.25, 0.3) is 0 Å². The van der Waals surface area contributed by atoms with Crippen LogP contribution in [0.2, 0.25) is 0 Å². The van der Waals surface area contributed by atoms with Crippen molar-refractivity contribution in [1.82, 2.24) is 4.31 Å². The minimum Gasteiger partial charge on any atom is -0.478 e. The lowest BCUT2D eigenvalue weighted by Crippen LogP contribution is -2.62. The molecule has 1 aliphatic carbocycles. The van der Waals surface area contributed by atoms with Crippen LogP contribution in [0.3, 0.4) is 0 Å². The van der Waals surface area contributed by atoms with E-state index in [1.807, 2.05) is 51.1 Å². The monoisotopic (exact) mass is 499 g/mol. The number of carboxylic acids is 1. The van der Waals surface area contributed by atoms with E-state index in [0.29, 0.717) is 6.42 Å². The van der Waals surface area contributed by atoms with E-state index < -0.39 is 39.6 Å². The van der Waals surface area contributed by atoms with Crippen molar-refractivity contribution in [2.24, 2.45) is 11.8 Å². The number of ether oxygens (including phenoxy) is 1. The number of rotatable bonds is 7. The van der Waals surface area contributed by atoms with Crippen LogP contribution < -0.4 is 0 Å². The fraction of sp³-hybridized carbons (Fsp3) is 0.481. The Morgan fingerprint density at radius 2 is 1.71 bits per heavy atom. The predicted molar refractivity (Wildman–Crippen MR) is 131 cm³/mol. The average Bonchev–Trinajstić information content (AvgIpc) is 3.13. The maximum atomic E-state index is 14.0. The number of aryl methyl sites for hydroxylation is 1. The van der Waals surface area contributed by atoms with Crippen LogP contribution in [-0.2, 0) is 19.6 Å². The topological polar surface area (TPSA) is 101 Å². The fourth-order valence-corrected chi connectivity index (χ4v) is 7.78. The van der Waals surface area contributed by atoms with Crippen LogP contribution in [0.4, 0.5) is 4.79 Å². The van der Waals surface area contributed by atoms with Crippen molar-refractivity contribution in [2.75, 3.05) is 0 Å². The third kappa shape index (κ3) is 4.44. The van der Waals surface area contributed by atoms with Gasteiger partial charge in [0.2, 0.25) is 6.10 Å². The van der Waals surface area contributed by atoms with Crippen molar-refractivity contribution >= 4 is 22.1 Å². The van der Waals surface area contributed by atoms with E-state index in [1.54, 1.807) is 12.1 Å². The molecule has 2 aromatic rings. The molecule has 0 bridgehead atoms. The van der Waals surface area contributed by atoms with E-state index in [4.69, 9.17) is 4.74 Å². The van der Waals surface area contributed by atoms with Gasteiger partial charge in [-0.1, -0.05) is 74.7 Å². The molecule has 188 valence electrons. The highest BCUT2D eigenvalue weighted by molar-refractivity contribution is 7.89. The Bertz CT molecular complexity index is 1180. The van der Waals surface area contributed by atoms with Gasteiger partial charge in [0.15, 0.2) is 0 Å². The number of carbonyl (C=O) groups is 2. The van der Waals surface area contributed by atoms with Crippen molar-refractivity contribution in [1.29, 1.82) is 0 Å². The molecule has 4 atom stereocenters. The summed E-state index contributed by atoms with van der Waals surface area (Å²) in [5.41, 5.74) is 0.347. The smallest absolute Gasteiger partial charge is 0.425 e. The number of hydrogen-bond donors (Lipinski definition) is 1. The molecule has 1 amide bonds. The number of hydrogen-bond acceptors (Lipinski definition) is 5. The Balaban J connectivity index is 1.96. The van der Waals surface area contributed by atoms with E-state index in [2.05, 4.69) is 0 Å². The van der Waals surface area contributed by atoms with Gasteiger partial charge in [-0.3, -0.25) is 0 Å². The zero-order valence-electron chi connectivity index (χ0n) is 20.4. The summed E-state index contributed by atoms with van der Waals surface area (Å²) in [6.45, 7) is 5.68. The van der Waals surface area contributed by atoms with Crippen molar-refractivity contribution in [2.45, 2.75) is 75.3 Å². The molecular weight excluding hydrogens is 466 g/mol. The van der Waals surface area contributed by atoms with Crippen LogP contribution in [-0.4, -0.2) is 41.5 Å². The van der Waals surface area contributed by atoms with Crippen molar-refractivity contribution in [3.63, 3.8) is 0 Å². The number of carboxylic acid groups (broad SMARTS) is 1. The summed E-state index contributed by atoms with van der Waals surface area (Å²) < 4.78 is 34.3. The van der Waals surface area contributed by atoms with Crippen molar-refractivity contribution < 1.29 is 27.9 Å². The number of benzene rings is 2. The lowest BCUT2D eigenvalue weighted by atomic mass is 9.62. The molecule has 35 heavy (non-hydrogen) atoms. The number of cyclic esters (lactones) is 1. The summed E-state index contributed by atoms with van der Waals surface area (Å²) in [6.07, 6.45) is 0.648. The molecule has 2 aliphatic rings. The number of sulfonamides is 1. The third-order valence-corrected chi connectivity index (χ3v) is 9.21. The Hall–Kier alpha value is -2.87. The van der Waals surface area contributed by atoms with Crippen LogP contribution in [0.1, 0.15) is 63.0 Å². The number of aliphatic carboxylic acids is 1. The van der Waals surface area contributed by atoms with Gasteiger partial charge in [0, 0.05) is 0 Å². The number of carbonyl (C=O) groups excluding carboxylic acids is 1. The molecule has 1 heterocycles. The maximum absolute atomic E-state index is 14.0. The molecule has 0 spiro atoms. The summed E-state index contributed by atoms with van der Waals surface area (Å²) in [6, 6.07) is 16.0. The van der Waals surface area contributed by atoms with Gasteiger partial charge >= 0.3 is 12.1 Å². The highest BCUT2D eigenvalue weighted by Gasteiger charge is 2.67. The van der Waals surface area contributed by atoms with Crippen LogP contribution in [0, 0.1) is 18.8 Å². The van der Waals surface area contributed by atoms with Gasteiger partial charge in [-0.05, 0) is 61.6 Å². The molecule has 7 nitrogen and oxygen atoms in total. The molecule has 2 fully saturated rings. The normalized spacial score (nSPS) is 27.1. The first kappa shape index (κ1) is 25.2. The Kier molecular flexibility index (Phi) is 6.95. The Morgan fingerprint density at radius 3 is 2.31 bits per heavy atom. The first-order valence-electron chi connectivity index (χ1n) is 12.2. The zero-order chi connectivity index (χ0) is 25.4. The molecule has 0 aromatic heterocycles. The minimum absolute atomic E-state index is 0.0497. The third-order valence-electron chi connectivity index (χ3n) is 7.37. The summed E-state index contributed by atoms with van der Waals surface area (Å²) in [5.74, 6) is -1.91. The quantitative estimate of drug-likeness (QED) is 0.551. The Morgan fingerprint density at radius 1 is 1.09 bits per heavy atom. The van der Waals surface area contributed by atoms with Gasteiger partial charge in [-0.15, -0.1) is 0 Å². The van der Waals surface area contributed by atoms with E-state index in [0.717, 1.165) is 34.7 Å². The van der Waals surface area contributed by atoms with Crippen LogP contribution in [0.15, 0.2) is 59.5 Å². The molecule has 0 unspecified atom stereocenters. The number of amides is 1. The molecule has 1 N–H and O–H groups in total. The summed E-state index contributed by atoms with van der Waals surface area (Å²) in [4.78, 5) is 25.9. The largest absolute Gasteiger partial charge is 0.478 e. The van der Waals surface area contributed by atoms with E-state index in [9.17, 15) is 23.1 Å². The molecule has 1 aliphatic heterocycles. The van der Waals surface area contributed by atoms with Gasteiger partial charge in [-0.25, -0.2) is 18.0 Å². The summed E-state index contributed by atoms with van der Waals surface area (Å²) in [7, 11) is -4.38. The molecular formula is C27H33NO6S. The highest BCUT2D eigenvalue weighted by atomic mass is 32.2. The van der Waals surface area contributed by atoms with Gasteiger partial charge < -0.3 is 9.84 Å². The SMILES string of the molecule is Cc1ccc(S(=O)(=O)N2C(=O)O[C@@H](C(=O)O)[C@]2(CC(C)C)[C@@H]2CCCC[C@@H]2c2ccccc2)cc1. The second-order valence-electron chi connectivity index (χ2n) is 10.2. The zero-order valence-corrected chi connectivity index (χ0v) is 21.2. The lowest BCUT2D eigenvalue weighted by molar-refractivity contribution is -0.151. The van der Waals surface area contributed by atoms with Crippen LogP contribution >= 0.6 is 0 Å². The Labute approximate surface area is 207 Å². The summed E-state index contributed by atoms with van der Waals surface area (Å²) in [5, 5.41) is 10.3. The van der Waals surface area contributed by atoms with E-state index in [1.165, 1.54) is 12.1 Å². The molecule has 8 heteroatoms. The molecule has 2 aromatic carbocycles. The molecule has 1 saturated carbocycles. The molecule has 0 radical (unpaired) electrons. The lowest BCUT2D eigenvalue weighted by Gasteiger charge is -2.49. The van der Waals surface area contributed by atoms with Gasteiger partial charge in [0.25, 0.3) is 10.0 Å². The molecule has 4 rings (SSSR count). The van der Waals surface area contributed by atoms with Gasteiger partial charge in [-0.2, -0.15) is 4.31 Å².